The summed E-state index contributed by atoms with van der Waals surface area (Å²) in [5, 5.41) is 7.10. The van der Waals surface area contributed by atoms with Gasteiger partial charge in [-0.25, -0.2) is 17.5 Å². The van der Waals surface area contributed by atoms with Crippen LogP contribution in [-0.2, 0) is 16.6 Å². The number of hydrogen-bond donors (Lipinski definition) is 2. The Morgan fingerprint density at radius 2 is 1.76 bits per heavy atom. The summed E-state index contributed by atoms with van der Waals surface area (Å²) < 4.78 is 42.5. The Morgan fingerprint density at radius 3 is 2.48 bits per heavy atom. The molecule has 0 atom stereocenters. The fourth-order valence-corrected chi connectivity index (χ4v) is 4.32. The van der Waals surface area contributed by atoms with Crippen LogP contribution in [0.3, 0.4) is 0 Å². The first-order valence-electron chi connectivity index (χ1n) is 9.77. The van der Waals surface area contributed by atoms with Crippen molar-refractivity contribution in [3.63, 3.8) is 0 Å². The first-order chi connectivity index (χ1) is 15.8. The molecule has 33 heavy (non-hydrogen) atoms. The molecule has 4 rings (SSSR count). The van der Waals surface area contributed by atoms with E-state index in [2.05, 4.69) is 15.1 Å². The minimum absolute atomic E-state index is 0.00842. The van der Waals surface area contributed by atoms with Crippen molar-refractivity contribution in [2.24, 2.45) is 0 Å². The second kappa shape index (κ2) is 9.43. The average Bonchev–Trinajstić information content (AvgIpc) is 3.29. The van der Waals surface area contributed by atoms with Crippen LogP contribution < -0.4 is 10.0 Å². The summed E-state index contributed by atoms with van der Waals surface area (Å²) in [6.45, 7) is 0.173. The summed E-state index contributed by atoms with van der Waals surface area (Å²) in [7, 11) is -4.02. The number of anilines is 1. The zero-order valence-electron chi connectivity index (χ0n) is 17.1. The molecule has 0 unspecified atom stereocenters. The van der Waals surface area contributed by atoms with Gasteiger partial charge in [-0.2, -0.15) is 5.10 Å². The number of nitrogens with one attached hydrogen (secondary N) is 2. The number of aromatic nitrogens is 2. The minimum atomic E-state index is -4.02. The second-order valence-corrected chi connectivity index (χ2v) is 9.16. The molecule has 4 aromatic rings. The Hall–Kier alpha value is -3.69. The number of sulfonamides is 1. The zero-order chi connectivity index (χ0) is 23.4. The van der Waals surface area contributed by atoms with Gasteiger partial charge in [0.25, 0.3) is 15.9 Å². The Morgan fingerprint density at radius 1 is 1.03 bits per heavy atom. The zero-order valence-corrected chi connectivity index (χ0v) is 18.6. The van der Waals surface area contributed by atoms with Crippen molar-refractivity contribution in [2.75, 3.05) is 4.72 Å². The lowest BCUT2D eigenvalue weighted by Crippen LogP contribution is -2.23. The maximum Gasteiger partial charge on any atom is 0.261 e. The number of para-hydroxylation sites is 1. The van der Waals surface area contributed by atoms with Crippen molar-refractivity contribution < 1.29 is 17.6 Å². The highest BCUT2D eigenvalue weighted by Crippen LogP contribution is 2.23. The van der Waals surface area contributed by atoms with Gasteiger partial charge in [0.2, 0.25) is 0 Å². The fourth-order valence-electron chi connectivity index (χ4n) is 3.03. The number of benzene rings is 3. The van der Waals surface area contributed by atoms with Gasteiger partial charge in [0.15, 0.2) is 0 Å². The van der Waals surface area contributed by atoms with Crippen LogP contribution >= 0.6 is 11.6 Å². The predicted octanol–water partition coefficient (Wildman–Crippen LogP) is 4.40. The first-order valence-corrected chi connectivity index (χ1v) is 11.6. The van der Waals surface area contributed by atoms with Gasteiger partial charge in [0.1, 0.15) is 5.82 Å². The van der Waals surface area contributed by atoms with E-state index in [-0.39, 0.29) is 27.7 Å². The minimum Gasteiger partial charge on any atom is -0.348 e. The molecule has 1 amide bonds. The summed E-state index contributed by atoms with van der Waals surface area (Å²) in [4.78, 5) is 12.6. The average molecular weight is 485 g/mol. The van der Waals surface area contributed by atoms with E-state index in [1.54, 1.807) is 17.1 Å². The van der Waals surface area contributed by atoms with E-state index in [1.807, 2.05) is 30.3 Å². The van der Waals surface area contributed by atoms with Crippen molar-refractivity contribution in [1.29, 1.82) is 0 Å². The topological polar surface area (TPSA) is 93.1 Å². The number of rotatable bonds is 7. The molecule has 7 nitrogen and oxygen atoms in total. The van der Waals surface area contributed by atoms with E-state index in [0.717, 1.165) is 23.4 Å². The van der Waals surface area contributed by atoms with Crippen LogP contribution in [0.4, 0.5) is 10.1 Å². The van der Waals surface area contributed by atoms with Crippen LogP contribution in [-0.4, -0.2) is 24.1 Å². The van der Waals surface area contributed by atoms with Gasteiger partial charge in [-0.1, -0.05) is 29.8 Å². The van der Waals surface area contributed by atoms with Gasteiger partial charge in [-0.3, -0.25) is 9.52 Å². The lowest BCUT2D eigenvalue weighted by atomic mass is 10.2. The van der Waals surface area contributed by atoms with Gasteiger partial charge in [0, 0.05) is 24.0 Å². The van der Waals surface area contributed by atoms with Gasteiger partial charge in [-0.15, -0.1) is 0 Å². The van der Waals surface area contributed by atoms with Crippen LogP contribution in [0.5, 0.6) is 0 Å². The quantitative estimate of drug-likeness (QED) is 0.406. The van der Waals surface area contributed by atoms with Gasteiger partial charge in [0.05, 0.1) is 27.4 Å². The van der Waals surface area contributed by atoms with Crippen LogP contribution in [0, 0.1) is 5.82 Å². The number of amides is 1. The van der Waals surface area contributed by atoms with Gasteiger partial charge in [-0.05, 0) is 54.6 Å². The molecular formula is C23H18ClFN4O3S. The van der Waals surface area contributed by atoms with Crippen LogP contribution in [0.1, 0.15) is 15.9 Å². The Bertz CT molecular complexity index is 1390. The molecule has 1 heterocycles. The molecule has 10 heteroatoms. The predicted molar refractivity (Wildman–Crippen MR) is 123 cm³/mol. The highest BCUT2D eigenvalue weighted by Gasteiger charge is 2.19. The molecule has 0 fully saturated rings. The molecule has 1 aromatic heterocycles. The maximum atomic E-state index is 13.1. The largest absolute Gasteiger partial charge is 0.348 e. The third-order valence-corrected chi connectivity index (χ3v) is 6.41. The van der Waals surface area contributed by atoms with Crippen LogP contribution in [0.15, 0.2) is 90.1 Å². The molecule has 168 valence electrons. The third kappa shape index (κ3) is 5.39. The molecule has 0 aliphatic carbocycles. The summed E-state index contributed by atoms with van der Waals surface area (Å²) in [6, 6.07) is 18.2. The number of halogens is 2. The smallest absolute Gasteiger partial charge is 0.261 e. The van der Waals surface area contributed by atoms with Gasteiger partial charge < -0.3 is 5.32 Å². The van der Waals surface area contributed by atoms with Crippen LogP contribution in [0.25, 0.3) is 5.69 Å². The summed E-state index contributed by atoms with van der Waals surface area (Å²) in [6.07, 6.45) is 3.41. The van der Waals surface area contributed by atoms with Crippen molar-refractivity contribution in [3.8, 4) is 5.69 Å². The van der Waals surface area contributed by atoms with Crippen molar-refractivity contribution in [1.82, 2.24) is 15.1 Å². The molecule has 0 radical (unpaired) electrons. The summed E-state index contributed by atoms with van der Waals surface area (Å²) >= 11 is 6.15. The maximum absolute atomic E-state index is 13.1. The molecule has 0 aliphatic rings. The SMILES string of the molecule is O=C(NCc1cnn(-c2ccccc2)c1)c1cc(S(=O)(=O)Nc2ccc(F)cc2)ccc1Cl. The van der Waals surface area contributed by atoms with Crippen LogP contribution in [0.2, 0.25) is 5.02 Å². The monoisotopic (exact) mass is 484 g/mol. The number of hydrogen-bond acceptors (Lipinski definition) is 4. The molecule has 0 saturated carbocycles. The van der Waals surface area contributed by atoms with E-state index >= 15 is 0 Å². The Kier molecular flexibility index (Phi) is 6.43. The van der Waals surface area contributed by atoms with Crippen molar-refractivity contribution in [3.05, 3.63) is 107 Å². The van der Waals surface area contributed by atoms with Gasteiger partial charge >= 0.3 is 0 Å². The van der Waals surface area contributed by atoms with E-state index in [0.29, 0.717) is 0 Å². The lowest BCUT2D eigenvalue weighted by molar-refractivity contribution is 0.0951. The first kappa shape index (κ1) is 22.5. The highest BCUT2D eigenvalue weighted by molar-refractivity contribution is 7.92. The molecule has 0 saturated heterocycles. The van der Waals surface area contributed by atoms with Crippen molar-refractivity contribution in [2.45, 2.75) is 11.4 Å². The molecular weight excluding hydrogens is 467 g/mol. The third-order valence-electron chi connectivity index (χ3n) is 4.70. The standard InChI is InChI=1S/C23H18ClFN4O3S/c24-22-11-10-20(33(31,32)28-18-8-6-17(25)7-9-18)12-21(22)23(30)26-13-16-14-27-29(15-16)19-4-2-1-3-5-19/h1-12,14-15,28H,13H2,(H,26,30). The van der Waals surface area contributed by atoms with E-state index < -0.39 is 21.7 Å². The van der Waals surface area contributed by atoms with E-state index in [4.69, 9.17) is 11.6 Å². The van der Waals surface area contributed by atoms with E-state index in [9.17, 15) is 17.6 Å². The molecule has 0 aliphatic heterocycles. The number of nitrogens with zero attached hydrogens (tertiary/aromatic N) is 2. The van der Waals surface area contributed by atoms with E-state index in [1.165, 1.54) is 30.3 Å². The Labute approximate surface area is 194 Å². The second-order valence-electron chi connectivity index (χ2n) is 7.07. The Balaban J connectivity index is 1.47. The summed E-state index contributed by atoms with van der Waals surface area (Å²) in [5.74, 6) is -1.02. The molecule has 0 spiro atoms. The lowest BCUT2D eigenvalue weighted by Gasteiger charge is -2.11. The molecule has 2 N–H and O–H groups in total. The molecule has 0 bridgehead atoms. The highest BCUT2D eigenvalue weighted by atomic mass is 35.5. The van der Waals surface area contributed by atoms with Crippen molar-refractivity contribution >= 4 is 33.2 Å². The summed E-state index contributed by atoms with van der Waals surface area (Å²) in [5.41, 5.74) is 1.83. The number of carbonyl (C=O) groups excluding carboxylic acids is 1. The molecule has 3 aromatic carbocycles. The number of carbonyl (C=O) groups is 1. The normalized spacial score (nSPS) is 11.2. The fraction of sp³-hybridized carbons (Fsp3) is 0.0435.